The summed E-state index contributed by atoms with van der Waals surface area (Å²) in [6.07, 6.45) is 0.864. The maximum atomic E-state index is 13.8. The molecule has 0 radical (unpaired) electrons. The number of benzene rings is 2. The van der Waals surface area contributed by atoms with Gasteiger partial charge < -0.3 is 19.5 Å². The Morgan fingerprint density at radius 1 is 1.05 bits per heavy atom. The molecule has 196 valence electrons. The zero-order chi connectivity index (χ0) is 26.5. The molecule has 0 saturated carbocycles. The summed E-state index contributed by atoms with van der Waals surface area (Å²) >= 11 is 1.69. The highest BCUT2D eigenvalue weighted by Gasteiger charge is 2.41. The van der Waals surface area contributed by atoms with Crippen LogP contribution in [0, 0.1) is 5.82 Å². The average molecular weight is 526 g/mol. The van der Waals surface area contributed by atoms with Crippen LogP contribution in [-0.4, -0.2) is 44.1 Å². The molecule has 1 aliphatic heterocycles. The number of esters is 1. The van der Waals surface area contributed by atoms with Crippen LogP contribution in [-0.2, 0) is 14.3 Å². The predicted octanol–water partition coefficient (Wildman–Crippen LogP) is 5.50. The van der Waals surface area contributed by atoms with E-state index in [1.165, 1.54) is 12.1 Å². The van der Waals surface area contributed by atoms with Crippen molar-refractivity contribution in [3.05, 3.63) is 81.9 Å². The Bertz CT molecular complexity index is 1240. The van der Waals surface area contributed by atoms with Gasteiger partial charge in [-0.1, -0.05) is 25.1 Å². The second kappa shape index (κ2) is 11.9. The van der Waals surface area contributed by atoms with Gasteiger partial charge in [0.1, 0.15) is 12.4 Å². The number of nitrogens with one attached hydrogen (secondary N) is 1. The molecule has 0 fully saturated rings. The van der Waals surface area contributed by atoms with Gasteiger partial charge in [0, 0.05) is 35.1 Å². The van der Waals surface area contributed by atoms with E-state index in [0.717, 1.165) is 17.0 Å². The van der Waals surface area contributed by atoms with Crippen molar-refractivity contribution < 1.29 is 28.2 Å². The summed E-state index contributed by atoms with van der Waals surface area (Å²) < 4.78 is 30.2. The molecular weight excluding hydrogens is 493 g/mol. The van der Waals surface area contributed by atoms with Crippen molar-refractivity contribution >= 4 is 23.5 Å². The molecule has 0 bridgehead atoms. The number of rotatable bonds is 9. The number of allylic oxidation sites excluding steroid dienone is 3. The molecule has 1 aliphatic carbocycles. The molecule has 0 aromatic heterocycles. The van der Waals surface area contributed by atoms with Gasteiger partial charge in [0.2, 0.25) is 0 Å². The summed E-state index contributed by atoms with van der Waals surface area (Å²) in [4.78, 5) is 27.0. The number of hydrogen-bond acceptors (Lipinski definition) is 7. The van der Waals surface area contributed by atoms with Crippen molar-refractivity contribution in [1.29, 1.82) is 0 Å². The highest BCUT2D eigenvalue weighted by Crippen LogP contribution is 2.46. The maximum Gasteiger partial charge on any atom is 0.336 e. The van der Waals surface area contributed by atoms with E-state index in [1.807, 2.05) is 32.0 Å². The van der Waals surface area contributed by atoms with Crippen LogP contribution in [0.25, 0.3) is 0 Å². The molecule has 1 heterocycles. The Morgan fingerprint density at radius 3 is 2.43 bits per heavy atom. The van der Waals surface area contributed by atoms with E-state index in [9.17, 15) is 14.0 Å². The number of ketones is 1. The van der Waals surface area contributed by atoms with E-state index >= 15 is 0 Å². The van der Waals surface area contributed by atoms with Crippen molar-refractivity contribution in [3.63, 3.8) is 0 Å². The number of ether oxygens (including phenoxy) is 3. The van der Waals surface area contributed by atoms with E-state index in [2.05, 4.69) is 5.32 Å². The standard InChI is InChI=1S/C29H32FNO5S/c1-5-37-13-12-36-29(33)26-17(2)31-22-14-20(19-8-11-24(34-3)25(16-19)35-4)15-23(32)28(22)27(26)18-6-9-21(30)10-7-18/h6-11,16,20,27,31H,5,12-15H2,1-4H3/t20-,27-/m1/s1. The minimum atomic E-state index is -0.623. The quantitative estimate of drug-likeness (QED) is 0.342. The molecule has 0 unspecified atom stereocenters. The Labute approximate surface area is 221 Å². The maximum absolute atomic E-state index is 13.8. The number of carbonyl (C=O) groups is 2. The van der Waals surface area contributed by atoms with E-state index in [-0.39, 0.29) is 30.5 Å². The number of methoxy groups -OCH3 is 2. The summed E-state index contributed by atoms with van der Waals surface area (Å²) in [7, 11) is 3.17. The number of hydrogen-bond donors (Lipinski definition) is 1. The van der Waals surface area contributed by atoms with E-state index < -0.39 is 11.9 Å². The molecule has 2 aromatic carbocycles. The first-order valence-corrected chi connectivity index (χ1v) is 13.5. The van der Waals surface area contributed by atoms with Gasteiger partial charge in [0.25, 0.3) is 0 Å². The van der Waals surface area contributed by atoms with Gasteiger partial charge in [-0.05, 0) is 60.4 Å². The van der Waals surface area contributed by atoms with Crippen LogP contribution >= 0.6 is 11.8 Å². The fraction of sp³-hybridized carbons (Fsp3) is 0.379. The lowest BCUT2D eigenvalue weighted by Crippen LogP contribution is -2.36. The van der Waals surface area contributed by atoms with Gasteiger partial charge >= 0.3 is 5.97 Å². The molecular formula is C29H32FNO5S. The van der Waals surface area contributed by atoms with Gasteiger partial charge in [-0.15, -0.1) is 0 Å². The van der Waals surface area contributed by atoms with Crippen molar-refractivity contribution in [3.8, 4) is 11.5 Å². The zero-order valence-electron chi connectivity index (χ0n) is 21.6. The molecule has 37 heavy (non-hydrogen) atoms. The zero-order valence-corrected chi connectivity index (χ0v) is 22.4. The highest BCUT2D eigenvalue weighted by atomic mass is 32.2. The number of Topliss-reactive ketones (excluding diaryl/α,β-unsaturated/α-hetero) is 1. The fourth-order valence-corrected chi connectivity index (χ4v) is 5.55. The van der Waals surface area contributed by atoms with Gasteiger partial charge in [-0.25, -0.2) is 9.18 Å². The molecule has 0 amide bonds. The largest absolute Gasteiger partial charge is 0.493 e. The second-order valence-electron chi connectivity index (χ2n) is 9.02. The van der Waals surface area contributed by atoms with Crippen LogP contribution in [0.4, 0.5) is 4.39 Å². The lowest BCUT2D eigenvalue weighted by Gasteiger charge is -2.36. The molecule has 8 heteroatoms. The molecule has 1 N–H and O–H groups in total. The minimum Gasteiger partial charge on any atom is -0.493 e. The smallest absolute Gasteiger partial charge is 0.336 e. The van der Waals surface area contributed by atoms with E-state index in [0.29, 0.717) is 46.1 Å². The lowest BCUT2D eigenvalue weighted by atomic mass is 9.71. The third kappa shape index (κ3) is 5.69. The number of halogens is 1. The number of thioether (sulfide) groups is 1. The normalized spacial score (nSPS) is 19.3. The van der Waals surface area contributed by atoms with Crippen molar-refractivity contribution in [2.24, 2.45) is 0 Å². The summed E-state index contributed by atoms with van der Waals surface area (Å²) in [5.41, 5.74) is 4.01. The molecule has 2 aromatic rings. The molecule has 2 aliphatic rings. The highest BCUT2D eigenvalue weighted by molar-refractivity contribution is 7.99. The summed E-state index contributed by atoms with van der Waals surface area (Å²) in [6, 6.07) is 11.7. The second-order valence-corrected chi connectivity index (χ2v) is 10.4. The summed E-state index contributed by atoms with van der Waals surface area (Å²) in [5.74, 6) is 1.28. The predicted molar refractivity (Wildman–Crippen MR) is 142 cm³/mol. The first-order valence-electron chi connectivity index (χ1n) is 12.3. The van der Waals surface area contributed by atoms with Gasteiger partial charge in [0.05, 0.1) is 19.8 Å². The van der Waals surface area contributed by atoms with Crippen LogP contribution in [0.15, 0.2) is 65.0 Å². The first-order chi connectivity index (χ1) is 17.9. The topological polar surface area (TPSA) is 73.9 Å². The lowest BCUT2D eigenvalue weighted by molar-refractivity contribution is -0.138. The molecule has 0 saturated heterocycles. The van der Waals surface area contributed by atoms with Gasteiger partial charge in [-0.3, -0.25) is 4.79 Å². The Balaban J connectivity index is 1.70. The Morgan fingerprint density at radius 2 is 1.76 bits per heavy atom. The van der Waals surface area contributed by atoms with Crippen molar-refractivity contribution in [1.82, 2.24) is 5.32 Å². The Hall–Kier alpha value is -3.26. The van der Waals surface area contributed by atoms with Gasteiger partial charge in [0.15, 0.2) is 17.3 Å². The van der Waals surface area contributed by atoms with Crippen LogP contribution in [0.2, 0.25) is 0 Å². The summed E-state index contributed by atoms with van der Waals surface area (Å²) in [6.45, 7) is 4.15. The number of dihydropyridines is 1. The van der Waals surface area contributed by atoms with E-state index in [4.69, 9.17) is 14.2 Å². The van der Waals surface area contributed by atoms with Crippen LogP contribution < -0.4 is 14.8 Å². The van der Waals surface area contributed by atoms with Crippen molar-refractivity contribution in [2.45, 2.75) is 38.5 Å². The average Bonchev–Trinajstić information content (AvgIpc) is 2.90. The third-order valence-corrected chi connectivity index (χ3v) is 7.66. The fourth-order valence-electron chi connectivity index (χ4n) is 5.06. The third-order valence-electron chi connectivity index (χ3n) is 6.79. The molecule has 6 nitrogen and oxygen atoms in total. The van der Waals surface area contributed by atoms with Crippen LogP contribution in [0.3, 0.4) is 0 Å². The molecule has 2 atom stereocenters. The van der Waals surface area contributed by atoms with Crippen LogP contribution in [0.1, 0.15) is 49.7 Å². The SMILES string of the molecule is CCSCCOC(=O)C1=C(C)NC2=C(C(=O)C[C@H](c3ccc(OC)c(OC)c3)C2)[C@@H]1c1ccc(F)cc1. The number of carbonyl (C=O) groups excluding carboxylic acids is 2. The van der Waals surface area contributed by atoms with Crippen LogP contribution in [0.5, 0.6) is 11.5 Å². The van der Waals surface area contributed by atoms with E-state index in [1.54, 1.807) is 38.1 Å². The summed E-state index contributed by atoms with van der Waals surface area (Å²) in [5, 5.41) is 3.35. The molecule has 0 spiro atoms. The minimum absolute atomic E-state index is 0.0535. The van der Waals surface area contributed by atoms with Crippen molar-refractivity contribution in [2.75, 3.05) is 32.3 Å². The monoisotopic (exact) mass is 525 g/mol. The Kier molecular flexibility index (Phi) is 8.59. The molecule has 4 rings (SSSR count). The van der Waals surface area contributed by atoms with Gasteiger partial charge in [-0.2, -0.15) is 11.8 Å². The first kappa shape index (κ1) is 26.8.